The molecular formula is C27H29FN6O2. The highest BCUT2D eigenvalue weighted by Gasteiger charge is 2.48. The number of ether oxygens (including phenoxy) is 1. The van der Waals surface area contributed by atoms with Gasteiger partial charge >= 0.3 is 0 Å². The van der Waals surface area contributed by atoms with Crippen LogP contribution in [0.5, 0.6) is 11.5 Å². The minimum absolute atomic E-state index is 0.0745. The molecule has 9 heteroatoms. The molecule has 0 unspecified atom stereocenters. The molecule has 2 saturated heterocycles. The molecule has 3 fully saturated rings. The molecule has 8 nitrogen and oxygen atoms in total. The van der Waals surface area contributed by atoms with E-state index in [0.29, 0.717) is 29.9 Å². The summed E-state index contributed by atoms with van der Waals surface area (Å²) in [5.41, 5.74) is 3.73. The van der Waals surface area contributed by atoms with Crippen LogP contribution in [-0.4, -0.2) is 62.2 Å². The van der Waals surface area contributed by atoms with Crippen LogP contribution in [-0.2, 0) is 6.42 Å². The number of piperidine rings is 1. The summed E-state index contributed by atoms with van der Waals surface area (Å²) in [7, 11) is 0. The fourth-order valence-electron chi connectivity index (χ4n) is 5.98. The topological polar surface area (TPSA) is 96.3 Å². The van der Waals surface area contributed by atoms with Crippen molar-refractivity contribution in [1.82, 2.24) is 25.5 Å². The van der Waals surface area contributed by atoms with Gasteiger partial charge in [0.1, 0.15) is 23.4 Å². The van der Waals surface area contributed by atoms with E-state index in [9.17, 15) is 5.11 Å². The van der Waals surface area contributed by atoms with Crippen molar-refractivity contribution in [2.24, 2.45) is 0 Å². The molecule has 0 radical (unpaired) electrons. The van der Waals surface area contributed by atoms with Crippen LogP contribution in [0.4, 0.5) is 10.3 Å². The summed E-state index contributed by atoms with van der Waals surface area (Å²) >= 11 is 0. The van der Waals surface area contributed by atoms with Gasteiger partial charge in [-0.25, -0.2) is 9.37 Å². The Bertz CT molecular complexity index is 1280. The highest BCUT2D eigenvalue weighted by molar-refractivity contribution is 5.74. The second-order valence-electron chi connectivity index (χ2n) is 10.4. The Kier molecular flexibility index (Phi) is 5.27. The number of alkyl halides is 1. The quantitative estimate of drug-likeness (QED) is 0.560. The molecule has 1 aliphatic carbocycles. The Morgan fingerprint density at radius 1 is 1.03 bits per heavy atom. The van der Waals surface area contributed by atoms with Crippen LogP contribution < -0.4 is 15.0 Å². The second kappa shape index (κ2) is 8.65. The van der Waals surface area contributed by atoms with Gasteiger partial charge < -0.3 is 20.1 Å². The molecule has 0 spiro atoms. The molecule has 2 N–H and O–H groups in total. The molecule has 1 aromatic carbocycles. The molecular weight excluding hydrogens is 459 g/mol. The third kappa shape index (κ3) is 3.86. The zero-order valence-electron chi connectivity index (χ0n) is 20.0. The molecule has 5 heterocycles. The van der Waals surface area contributed by atoms with Gasteiger partial charge in [0.2, 0.25) is 5.95 Å². The number of hydrogen-bond donors (Lipinski definition) is 2. The van der Waals surface area contributed by atoms with E-state index in [1.165, 1.54) is 0 Å². The summed E-state index contributed by atoms with van der Waals surface area (Å²) in [6, 6.07) is 7.77. The third-order valence-corrected chi connectivity index (χ3v) is 7.98. The van der Waals surface area contributed by atoms with Crippen molar-refractivity contribution in [2.75, 3.05) is 11.5 Å². The number of benzene rings is 1. The molecule has 7 rings (SSSR count). The first-order valence-corrected chi connectivity index (χ1v) is 13.0. The van der Waals surface area contributed by atoms with Gasteiger partial charge in [0.05, 0.1) is 24.5 Å². The number of hydrogen-bond acceptors (Lipinski definition) is 8. The van der Waals surface area contributed by atoms with Crippen molar-refractivity contribution in [3.8, 4) is 33.9 Å². The molecule has 1 saturated carbocycles. The van der Waals surface area contributed by atoms with Gasteiger partial charge in [0.15, 0.2) is 0 Å². The van der Waals surface area contributed by atoms with Crippen LogP contribution in [0, 0.1) is 0 Å². The van der Waals surface area contributed by atoms with Crippen molar-refractivity contribution in [1.29, 1.82) is 0 Å². The summed E-state index contributed by atoms with van der Waals surface area (Å²) in [5.74, 6) is 1.38. The fourth-order valence-corrected chi connectivity index (χ4v) is 5.98. The van der Waals surface area contributed by atoms with Crippen LogP contribution in [0.2, 0.25) is 0 Å². The standard InChI is InChI=1S/C27H29FN6O2/c28-26-21-8-4-17(31-21)12-23(26)34(18-5-6-18)27-30-14-22(32-33-27)19-7-3-15(10-24(19)35)16-11-25-20(29-13-16)2-1-9-36-25/h3,7,10-11,13-14,17-18,21,23,26,31,35H,1-2,4-6,8-9,12H2/t17-,21-,23-,26+/m0/s1. The molecule has 4 aliphatic rings. The van der Waals surface area contributed by atoms with Crippen LogP contribution in [0.15, 0.2) is 36.7 Å². The molecule has 4 atom stereocenters. The third-order valence-electron chi connectivity index (χ3n) is 7.98. The van der Waals surface area contributed by atoms with Gasteiger partial charge in [-0.05, 0) is 68.7 Å². The largest absolute Gasteiger partial charge is 0.507 e. The Labute approximate surface area is 208 Å². The Hall–Kier alpha value is -3.33. The highest BCUT2D eigenvalue weighted by Crippen LogP contribution is 2.40. The van der Waals surface area contributed by atoms with Gasteiger partial charge in [-0.2, -0.15) is 0 Å². The monoisotopic (exact) mass is 488 g/mol. The molecule has 2 aromatic heterocycles. The average molecular weight is 489 g/mol. The SMILES string of the molecule is Oc1cc(-c2cnc3c(c2)OCCC3)ccc1-c1cnc(N(C2CC2)[C@H]2C[C@@H]3CC[C@H](N3)[C@H]2F)nn1. The maximum absolute atomic E-state index is 15.3. The summed E-state index contributed by atoms with van der Waals surface area (Å²) < 4.78 is 21.0. The van der Waals surface area contributed by atoms with E-state index in [1.807, 2.05) is 24.4 Å². The predicted molar refractivity (Wildman–Crippen MR) is 133 cm³/mol. The van der Waals surface area contributed by atoms with Gasteiger partial charge in [0, 0.05) is 35.4 Å². The van der Waals surface area contributed by atoms with Crippen molar-refractivity contribution in [3.05, 3.63) is 42.4 Å². The molecule has 3 aliphatic heterocycles. The van der Waals surface area contributed by atoms with Crippen molar-refractivity contribution in [2.45, 2.75) is 75.3 Å². The number of fused-ring (bicyclic) bond motifs is 3. The Morgan fingerprint density at radius 3 is 2.75 bits per heavy atom. The lowest BCUT2D eigenvalue weighted by molar-refractivity contribution is 0.171. The van der Waals surface area contributed by atoms with Crippen molar-refractivity contribution < 1.29 is 14.2 Å². The zero-order valence-corrected chi connectivity index (χ0v) is 20.0. The van der Waals surface area contributed by atoms with Gasteiger partial charge in [-0.1, -0.05) is 6.07 Å². The highest BCUT2D eigenvalue weighted by atomic mass is 19.1. The number of aromatic nitrogens is 4. The Morgan fingerprint density at radius 2 is 1.94 bits per heavy atom. The maximum Gasteiger partial charge on any atom is 0.245 e. The number of anilines is 1. The minimum atomic E-state index is -0.937. The minimum Gasteiger partial charge on any atom is -0.507 e. The fraction of sp³-hybridized carbons (Fsp3) is 0.481. The summed E-state index contributed by atoms with van der Waals surface area (Å²) in [5, 5.41) is 23.0. The van der Waals surface area contributed by atoms with Gasteiger partial charge in [-0.3, -0.25) is 4.98 Å². The lowest BCUT2D eigenvalue weighted by atomic mass is 9.96. The maximum atomic E-state index is 15.3. The lowest BCUT2D eigenvalue weighted by Gasteiger charge is -2.40. The van der Waals surface area contributed by atoms with E-state index in [1.54, 1.807) is 12.3 Å². The molecule has 186 valence electrons. The van der Waals surface area contributed by atoms with Crippen molar-refractivity contribution >= 4 is 5.95 Å². The number of phenols is 1. The summed E-state index contributed by atoms with van der Waals surface area (Å²) in [6.07, 6.45) is 9.16. The van der Waals surface area contributed by atoms with E-state index >= 15 is 4.39 Å². The predicted octanol–water partition coefficient (Wildman–Crippen LogP) is 3.83. The lowest BCUT2D eigenvalue weighted by Crippen LogP contribution is -2.57. The summed E-state index contributed by atoms with van der Waals surface area (Å²) in [6.45, 7) is 0.701. The van der Waals surface area contributed by atoms with Crippen LogP contribution in [0.3, 0.4) is 0 Å². The van der Waals surface area contributed by atoms with Crippen LogP contribution >= 0.6 is 0 Å². The molecule has 36 heavy (non-hydrogen) atoms. The number of pyridine rings is 1. The van der Waals surface area contributed by atoms with Crippen molar-refractivity contribution in [3.63, 3.8) is 0 Å². The number of rotatable bonds is 5. The van der Waals surface area contributed by atoms with E-state index < -0.39 is 6.17 Å². The number of aromatic hydroxyl groups is 1. The van der Waals surface area contributed by atoms with E-state index in [2.05, 4.69) is 30.4 Å². The van der Waals surface area contributed by atoms with E-state index in [4.69, 9.17) is 4.74 Å². The first-order chi connectivity index (χ1) is 17.6. The zero-order chi connectivity index (χ0) is 24.2. The first-order valence-electron chi connectivity index (χ1n) is 13.0. The number of phenolic OH excluding ortho intramolecular Hbond substituents is 1. The molecule has 0 amide bonds. The molecule has 3 aromatic rings. The van der Waals surface area contributed by atoms with Crippen LogP contribution in [0.1, 0.15) is 44.2 Å². The van der Waals surface area contributed by atoms with Crippen LogP contribution in [0.25, 0.3) is 22.4 Å². The first kappa shape index (κ1) is 21.9. The van der Waals surface area contributed by atoms with Gasteiger partial charge in [-0.15, -0.1) is 10.2 Å². The number of nitrogens with one attached hydrogen (secondary N) is 1. The average Bonchev–Trinajstić information content (AvgIpc) is 3.66. The number of nitrogens with zero attached hydrogens (tertiary/aromatic N) is 5. The normalized spacial score (nSPS) is 26.8. The number of aryl methyl sites for hydroxylation is 1. The molecule has 2 bridgehead atoms. The summed E-state index contributed by atoms with van der Waals surface area (Å²) in [4.78, 5) is 11.2. The van der Waals surface area contributed by atoms with Gasteiger partial charge in [0.25, 0.3) is 0 Å². The van der Waals surface area contributed by atoms with E-state index in [-0.39, 0.29) is 23.9 Å². The number of halogens is 1. The second-order valence-corrected chi connectivity index (χ2v) is 10.4. The Balaban J connectivity index is 1.14. The van der Waals surface area contributed by atoms with E-state index in [0.717, 1.165) is 67.5 Å². The smallest absolute Gasteiger partial charge is 0.245 e.